The van der Waals surface area contributed by atoms with Gasteiger partial charge in [0.1, 0.15) is 12.4 Å². The number of hydrogen-bond acceptors (Lipinski definition) is 6. The number of fused-ring (bicyclic) bond motifs is 2. The highest BCUT2D eigenvalue weighted by Crippen LogP contribution is 2.27. The van der Waals surface area contributed by atoms with E-state index in [1.807, 2.05) is 30.3 Å². The number of hydrogen-bond donors (Lipinski definition) is 1. The van der Waals surface area contributed by atoms with Crippen molar-refractivity contribution in [2.45, 2.75) is 0 Å². The van der Waals surface area contributed by atoms with E-state index in [1.54, 1.807) is 23.5 Å². The van der Waals surface area contributed by atoms with E-state index in [-0.39, 0.29) is 25.2 Å². The second-order valence-electron chi connectivity index (χ2n) is 5.33. The van der Waals surface area contributed by atoms with Crippen molar-refractivity contribution in [2.24, 2.45) is 0 Å². The van der Waals surface area contributed by atoms with E-state index in [2.05, 4.69) is 0 Å². The normalized spacial score (nSPS) is 11.9. The Kier molecular flexibility index (Phi) is 5.33. The summed E-state index contributed by atoms with van der Waals surface area (Å²) in [6, 6.07) is 12.8. The molecule has 1 aromatic heterocycles. The van der Waals surface area contributed by atoms with E-state index in [0.717, 1.165) is 9.40 Å². The molecule has 0 aliphatic rings. The minimum Gasteiger partial charge on any atom is -0.491 e. The summed E-state index contributed by atoms with van der Waals surface area (Å²) in [6.45, 7) is 0.290. The van der Waals surface area contributed by atoms with Crippen LogP contribution in [0.3, 0.4) is 0 Å². The van der Waals surface area contributed by atoms with Gasteiger partial charge in [-0.2, -0.15) is 8.42 Å². The van der Waals surface area contributed by atoms with Crippen molar-refractivity contribution < 1.29 is 22.4 Å². The Bertz CT molecular complexity index is 1060. The third-order valence-electron chi connectivity index (χ3n) is 3.53. The van der Waals surface area contributed by atoms with Crippen molar-refractivity contribution in [3.8, 4) is 5.75 Å². The van der Waals surface area contributed by atoms with Crippen LogP contribution in [-0.4, -0.2) is 38.5 Å². The molecule has 25 heavy (non-hydrogen) atoms. The fourth-order valence-corrected chi connectivity index (χ4v) is 3.74. The molecule has 0 saturated heterocycles. The third kappa shape index (κ3) is 4.55. The van der Waals surface area contributed by atoms with E-state index in [0.29, 0.717) is 16.5 Å². The molecule has 0 amide bonds. The highest BCUT2D eigenvalue weighted by atomic mass is 32.2. The lowest BCUT2D eigenvalue weighted by Crippen LogP contribution is -2.14. The third-order valence-corrected chi connectivity index (χ3v) is 5.36. The van der Waals surface area contributed by atoms with Crippen LogP contribution >= 0.6 is 11.3 Å². The zero-order chi connectivity index (χ0) is 17.9. The quantitative estimate of drug-likeness (QED) is 0.385. The molecule has 0 aliphatic carbocycles. The van der Waals surface area contributed by atoms with Crippen molar-refractivity contribution in [1.29, 1.82) is 0 Å². The zero-order valence-corrected chi connectivity index (χ0v) is 14.8. The van der Waals surface area contributed by atoms with Crippen molar-refractivity contribution >= 4 is 41.6 Å². The van der Waals surface area contributed by atoms with Gasteiger partial charge in [0.2, 0.25) is 0 Å². The predicted octanol–water partition coefficient (Wildman–Crippen LogP) is 2.70. The van der Waals surface area contributed by atoms with Gasteiger partial charge in [0.15, 0.2) is 5.43 Å². The van der Waals surface area contributed by atoms with Gasteiger partial charge in [0.05, 0.1) is 19.0 Å². The summed E-state index contributed by atoms with van der Waals surface area (Å²) in [6.07, 6.45) is 0. The first-order valence-corrected chi connectivity index (χ1v) is 9.98. The van der Waals surface area contributed by atoms with Crippen molar-refractivity contribution in [1.82, 2.24) is 0 Å². The van der Waals surface area contributed by atoms with E-state index in [1.165, 1.54) is 0 Å². The summed E-state index contributed by atoms with van der Waals surface area (Å²) in [4.78, 5) is 12.6. The molecule has 0 fully saturated rings. The first kappa shape index (κ1) is 17.8. The lowest BCUT2D eigenvalue weighted by atomic mass is 10.2. The first-order valence-electron chi connectivity index (χ1n) is 7.55. The predicted molar refractivity (Wildman–Crippen MR) is 98.3 cm³/mol. The molecule has 132 valence electrons. The van der Waals surface area contributed by atoms with Gasteiger partial charge in [-0.15, -0.1) is 11.3 Å². The molecule has 2 aromatic carbocycles. The molecule has 1 heterocycles. The zero-order valence-electron chi connectivity index (χ0n) is 13.2. The Balaban J connectivity index is 1.68. The van der Waals surface area contributed by atoms with Gasteiger partial charge in [-0.3, -0.25) is 9.35 Å². The fraction of sp³-hybridized carbons (Fsp3) is 0.235. The van der Waals surface area contributed by atoms with Gasteiger partial charge in [0, 0.05) is 20.2 Å². The molecule has 0 spiro atoms. The second-order valence-corrected chi connectivity index (χ2v) is 7.99. The maximum Gasteiger partial charge on any atom is 0.267 e. The molecular weight excluding hydrogens is 364 g/mol. The molecule has 3 aromatic rings. The molecule has 0 bridgehead atoms. The highest BCUT2D eigenvalue weighted by molar-refractivity contribution is 7.85. The summed E-state index contributed by atoms with van der Waals surface area (Å²) in [7, 11) is -4.01. The number of benzene rings is 2. The molecule has 0 unspecified atom stereocenters. The van der Waals surface area contributed by atoms with Crippen LogP contribution in [0.4, 0.5) is 0 Å². The van der Waals surface area contributed by atoms with Crippen LogP contribution in [0.15, 0.2) is 47.3 Å². The second kappa shape index (κ2) is 7.49. The molecular formula is C17H16O6S2. The molecule has 0 atom stereocenters. The van der Waals surface area contributed by atoms with Crippen LogP contribution in [0.5, 0.6) is 5.75 Å². The monoisotopic (exact) mass is 380 g/mol. The topological polar surface area (TPSA) is 89.9 Å². The van der Waals surface area contributed by atoms with Crippen molar-refractivity contribution in [3.63, 3.8) is 0 Å². The molecule has 1 N–H and O–H groups in total. The maximum absolute atomic E-state index is 12.6. The lowest BCUT2D eigenvalue weighted by molar-refractivity contribution is 0.110. The summed E-state index contributed by atoms with van der Waals surface area (Å²) in [5.74, 6) is 0.0993. The maximum atomic E-state index is 12.6. The average Bonchev–Trinajstić information content (AvgIpc) is 2.58. The standard InChI is InChI=1S/C17H16O6S2/c18-17-13-3-1-2-4-15(13)24-16-6-5-12(11-14(16)17)23-8-7-22-9-10-25(19,20)21/h1-6,11H,7-10H2,(H,19,20,21). The van der Waals surface area contributed by atoms with E-state index >= 15 is 0 Å². The summed E-state index contributed by atoms with van der Waals surface area (Å²) < 4.78 is 42.1. The average molecular weight is 380 g/mol. The first-order chi connectivity index (χ1) is 11.9. The molecule has 6 nitrogen and oxygen atoms in total. The lowest BCUT2D eigenvalue weighted by Gasteiger charge is -2.08. The van der Waals surface area contributed by atoms with Gasteiger partial charge in [-0.1, -0.05) is 12.1 Å². The van der Waals surface area contributed by atoms with Gasteiger partial charge in [-0.25, -0.2) is 0 Å². The Hall–Kier alpha value is -2.00. The van der Waals surface area contributed by atoms with Crippen LogP contribution in [0, 0.1) is 0 Å². The number of rotatable bonds is 7. The largest absolute Gasteiger partial charge is 0.491 e. The minimum absolute atomic E-state index is 0.0285. The number of ether oxygens (including phenoxy) is 2. The van der Waals surface area contributed by atoms with E-state index < -0.39 is 15.9 Å². The van der Waals surface area contributed by atoms with Crippen LogP contribution in [0.2, 0.25) is 0 Å². The minimum atomic E-state index is -4.01. The molecule has 0 saturated carbocycles. The summed E-state index contributed by atoms with van der Waals surface area (Å²) in [5.41, 5.74) is -0.0285. The van der Waals surface area contributed by atoms with E-state index in [9.17, 15) is 13.2 Å². The Labute approximate surface area is 148 Å². The van der Waals surface area contributed by atoms with Gasteiger partial charge < -0.3 is 9.47 Å². The Morgan fingerprint density at radius 3 is 2.52 bits per heavy atom. The van der Waals surface area contributed by atoms with Gasteiger partial charge >= 0.3 is 0 Å². The molecule has 0 aliphatic heterocycles. The highest BCUT2D eigenvalue weighted by Gasteiger charge is 2.07. The Morgan fingerprint density at radius 2 is 1.72 bits per heavy atom. The Morgan fingerprint density at radius 1 is 0.960 bits per heavy atom. The van der Waals surface area contributed by atoms with Gasteiger partial charge in [0.25, 0.3) is 10.1 Å². The molecule has 3 rings (SSSR count). The van der Waals surface area contributed by atoms with Crippen LogP contribution in [-0.2, 0) is 14.9 Å². The van der Waals surface area contributed by atoms with Crippen molar-refractivity contribution in [3.05, 3.63) is 52.7 Å². The SMILES string of the molecule is O=c1c2ccccc2sc2ccc(OCCOCCS(=O)(=O)O)cc12. The van der Waals surface area contributed by atoms with Gasteiger partial charge in [-0.05, 0) is 30.3 Å². The van der Waals surface area contributed by atoms with Crippen molar-refractivity contribution in [2.75, 3.05) is 25.6 Å². The smallest absolute Gasteiger partial charge is 0.267 e. The van der Waals surface area contributed by atoms with Crippen LogP contribution in [0.25, 0.3) is 20.2 Å². The molecule has 8 heteroatoms. The molecule has 0 radical (unpaired) electrons. The van der Waals surface area contributed by atoms with Crippen LogP contribution in [0.1, 0.15) is 0 Å². The fourth-order valence-electron chi connectivity index (χ4n) is 2.36. The summed E-state index contributed by atoms with van der Waals surface area (Å²) >= 11 is 1.55. The van der Waals surface area contributed by atoms with E-state index in [4.69, 9.17) is 14.0 Å². The summed E-state index contributed by atoms with van der Waals surface area (Å²) in [5, 5.41) is 1.29. The van der Waals surface area contributed by atoms with Crippen LogP contribution < -0.4 is 10.2 Å².